The Morgan fingerprint density at radius 3 is 2.45 bits per heavy atom. The third-order valence-electron chi connectivity index (χ3n) is 3.00. The van der Waals surface area contributed by atoms with Crippen molar-refractivity contribution in [3.63, 3.8) is 0 Å². The smallest absolute Gasteiger partial charge is 0.336 e. The van der Waals surface area contributed by atoms with E-state index < -0.39 is 10.9 Å². The van der Waals surface area contributed by atoms with E-state index in [1.165, 1.54) is 24.3 Å². The number of hydrogen-bond acceptors (Lipinski definition) is 4. The predicted octanol–water partition coefficient (Wildman–Crippen LogP) is 3.14. The molecule has 2 aromatic rings. The molecule has 1 heterocycles. The molecule has 1 N–H and O–H groups in total. The van der Waals surface area contributed by atoms with Crippen LogP contribution in [0.4, 0.5) is 5.69 Å². The first-order chi connectivity index (χ1) is 9.20. The lowest BCUT2D eigenvalue weighted by Crippen LogP contribution is -2.15. The molecule has 0 fully saturated rings. The molecule has 0 aliphatic heterocycles. The first-order valence-electron chi connectivity index (χ1n) is 6.03. The van der Waals surface area contributed by atoms with Gasteiger partial charge in [-0.3, -0.25) is 15.1 Å². The van der Waals surface area contributed by atoms with Crippen molar-refractivity contribution in [2.24, 2.45) is 0 Å². The van der Waals surface area contributed by atoms with Crippen LogP contribution in [0, 0.1) is 10.1 Å². The summed E-state index contributed by atoms with van der Waals surface area (Å²) >= 11 is 0. The first kappa shape index (κ1) is 13.9. The van der Waals surface area contributed by atoms with Crippen LogP contribution in [-0.2, 0) is 5.41 Å². The van der Waals surface area contributed by atoms with Crippen LogP contribution in [-0.4, -0.2) is 21.0 Å². The summed E-state index contributed by atoms with van der Waals surface area (Å²) in [5, 5.41) is 20.4. The Labute approximate surface area is 115 Å². The number of nitrogens with zero attached hydrogens (tertiary/aromatic N) is 2. The molecule has 0 amide bonds. The maximum Gasteiger partial charge on any atom is 0.336 e. The minimum atomic E-state index is -1.12. The van der Waals surface area contributed by atoms with Crippen LogP contribution in [0.3, 0.4) is 0 Å². The van der Waals surface area contributed by atoms with Crippen molar-refractivity contribution in [1.29, 1.82) is 0 Å². The van der Waals surface area contributed by atoms with Crippen molar-refractivity contribution in [1.82, 2.24) is 4.98 Å². The lowest BCUT2D eigenvalue weighted by atomic mass is 9.90. The fraction of sp³-hybridized carbons (Fsp3) is 0.286. The zero-order valence-corrected chi connectivity index (χ0v) is 11.4. The Bertz CT molecular complexity index is 717. The van der Waals surface area contributed by atoms with Gasteiger partial charge in [-0.05, 0) is 12.1 Å². The molecule has 0 aliphatic carbocycles. The lowest BCUT2D eigenvalue weighted by Gasteiger charge is -2.19. The average molecular weight is 274 g/mol. The Kier molecular flexibility index (Phi) is 3.17. The average Bonchev–Trinajstić information content (AvgIpc) is 2.35. The Morgan fingerprint density at radius 2 is 1.95 bits per heavy atom. The number of hydrogen-bond donors (Lipinski definition) is 1. The molecule has 0 aliphatic rings. The van der Waals surface area contributed by atoms with Crippen LogP contribution in [0.25, 0.3) is 10.9 Å². The van der Waals surface area contributed by atoms with Gasteiger partial charge in [-0.2, -0.15) is 0 Å². The van der Waals surface area contributed by atoms with Crippen molar-refractivity contribution in [2.45, 2.75) is 26.2 Å². The standard InChI is InChI=1S/C14H14N2O4/c1-14(2,3)12-7-10(13(17)18)9-6-8(16(19)20)4-5-11(9)15-12/h4-7H,1-3H3,(H,17,18). The molecule has 20 heavy (non-hydrogen) atoms. The molecule has 2 rings (SSSR count). The number of aromatic carboxylic acids is 1. The van der Waals surface area contributed by atoms with Crippen molar-refractivity contribution in [2.75, 3.05) is 0 Å². The summed E-state index contributed by atoms with van der Waals surface area (Å²) in [5.74, 6) is -1.12. The van der Waals surface area contributed by atoms with Crippen molar-refractivity contribution >= 4 is 22.6 Å². The number of nitro groups is 1. The fourth-order valence-corrected chi connectivity index (χ4v) is 1.89. The lowest BCUT2D eigenvalue weighted by molar-refractivity contribution is -0.384. The van der Waals surface area contributed by atoms with Gasteiger partial charge in [0.2, 0.25) is 0 Å². The molecule has 1 aromatic heterocycles. The molecule has 0 saturated carbocycles. The minimum Gasteiger partial charge on any atom is -0.478 e. The summed E-state index contributed by atoms with van der Waals surface area (Å²) < 4.78 is 0. The summed E-state index contributed by atoms with van der Waals surface area (Å²) in [6.45, 7) is 5.79. The summed E-state index contributed by atoms with van der Waals surface area (Å²) in [5.41, 5.74) is 0.658. The van der Waals surface area contributed by atoms with E-state index in [-0.39, 0.29) is 22.1 Å². The van der Waals surface area contributed by atoms with Gasteiger partial charge >= 0.3 is 5.97 Å². The number of non-ortho nitro benzene ring substituents is 1. The molecule has 6 heteroatoms. The molecule has 104 valence electrons. The van der Waals surface area contributed by atoms with Crippen LogP contribution < -0.4 is 0 Å². The fourth-order valence-electron chi connectivity index (χ4n) is 1.89. The van der Waals surface area contributed by atoms with Gasteiger partial charge in [-0.15, -0.1) is 0 Å². The van der Waals surface area contributed by atoms with E-state index in [0.717, 1.165) is 0 Å². The maximum atomic E-state index is 11.4. The Balaban J connectivity index is 2.82. The maximum absolute atomic E-state index is 11.4. The third kappa shape index (κ3) is 2.45. The van der Waals surface area contributed by atoms with E-state index in [4.69, 9.17) is 0 Å². The number of benzene rings is 1. The highest BCUT2D eigenvalue weighted by Crippen LogP contribution is 2.28. The quantitative estimate of drug-likeness (QED) is 0.670. The number of carbonyl (C=O) groups is 1. The Hall–Kier alpha value is -2.50. The van der Waals surface area contributed by atoms with Gasteiger partial charge in [0.15, 0.2) is 0 Å². The number of carboxylic acid groups (broad SMARTS) is 1. The van der Waals surface area contributed by atoms with E-state index in [1.807, 2.05) is 20.8 Å². The number of aromatic nitrogens is 1. The van der Waals surface area contributed by atoms with E-state index in [2.05, 4.69) is 4.98 Å². The van der Waals surface area contributed by atoms with Crippen molar-refractivity contribution in [3.05, 3.63) is 45.6 Å². The van der Waals surface area contributed by atoms with Crippen LogP contribution in [0.15, 0.2) is 24.3 Å². The highest BCUT2D eigenvalue weighted by molar-refractivity contribution is 6.03. The molecular weight excluding hydrogens is 260 g/mol. The number of fused-ring (bicyclic) bond motifs is 1. The van der Waals surface area contributed by atoms with Crippen LogP contribution >= 0.6 is 0 Å². The molecule has 0 spiro atoms. The number of rotatable bonds is 2. The monoisotopic (exact) mass is 274 g/mol. The molecular formula is C14H14N2O4. The molecule has 0 unspecified atom stereocenters. The number of carboxylic acids is 1. The van der Waals surface area contributed by atoms with E-state index in [0.29, 0.717) is 11.2 Å². The molecule has 0 saturated heterocycles. The van der Waals surface area contributed by atoms with Gasteiger partial charge in [0, 0.05) is 28.6 Å². The Morgan fingerprint density at radius 1 is 1.30 bits per heavy atom. The summed E-state index contributed by atoms with van der Waals surface area (Å²) in [6, 6.07) is 5.54. The number of pyridine rings is 1. The second-order valence-corrected chi connectivity index (χ2v) is 5.57. The van der Waals surface area contributed by atoms with E-state index in [9.17, 15) is 20.0 Å². The van der Waals surface area contributed by atoms with Gasteiger partial charge in [0.1, 0.15) is 0 Å². The van der Waals surface area contributed by atoms with Gasteiger partial charge in [-0.1, -0.05) is 20.8 Å². The second kappa shape index (κ2) is 4.56. The third-order valence-corrected chi connectivity index (χ3v) is 3.00. The van der Waals surface area contributed by atoms with Crippen LogP contribution in [0.2, 0.25) is 0 Å². The second-order valence-electron chi connectivity index (χ2n) is 5.57. The topological polar surface area (TPSA) is 93.3 Å². The summed E-state index contributed by atoms with van der Waals surface area (Å²) in [7, 11) is 0. The highest BCUT2D eigenvalue weighted by Gasteiger charge is 2.21. The van der Waals surface area contributed by atoms with Crippen molar-refractivity contribution in [3.8, 4) is 0 Å². The zero-order valence-electron chi connectivity index (χ0n) is 11.4. The minimum absolute atomic E-state index is 0.0311. The van der Waals surface area contributed by atoms with E-state index >= 15 is 0 Å². The highest BCUT2D eigenvalue weighted by atomic mass is 16.6. The predicted molar refractivity (Wildman–Crippen MR) is 74.1 cm³/mol. The SMILES string of the molecule is CC(C)(C)c1cc(C(=O)O)c2cc([N+](=O)[O-])ccc2n1. The van der Waals surface area contributed by atoms with Crippen molar-refractivity contribution < 1.29 is 14.8 Å². The van der Waals surface area contributed by atoms with Crippen LogP contribution in [0.1, 0.15) is 36.8 Å². The molecule has 0 bridgehead atoms. The van der Waals surface area contributed by atoms with Gasteiger partial charge in [-0.25, -0.2) is 4.79 Å². The normalized spacial score (nSPS) is 11.6. The molecule has 6 nitrogen and oxygen atoms in total. The summed E-state index contributed by atoms with van der Waals surface area (Å²) in [6.07, 6.45) is 0. The van der Waals surface area contributed by atoms with E-state index in [1.54, 1.807) is 0 Å². The van der Waals surface area contributed by atoms with Gasteiger partial charge in [0.25, 0.3) is 5.69 Å². The number of nitro benzene ring substituents is 1. The molecule has 1 aromatic carbocycles. The zero-order chi connectivity index (χ0) is 15.1. The molecule has 0 atom stereocenters. The van der Waals surface area contributed by atoms with Gasteiger partial charge in [0.05, 0.1) is 16.0 Å². The van der Waals surface area contributed by atoms with Crippen LogP contribution in [0.5, 0.6) is 0 Å². The largest absolute Gasteiger partial charge is 0.478 e. The first-order valence-corrected chi connectivity index (χ1v) is 6.03. The summed E-state index contributed by atoms with van der Waals surface area (Å²) in [4.78, 5) is 26.0. The van der Waals surface area contributed by atoms with Gasteiger partial charge < -0.3 is 5.11 Å². The molecule has 0 radical (unpaired) electrons.